The molecule has 0 saturated carbocycles. The molecule has 1 atom stereocenters. The molecule has 4 aromatic rings. The standard InChI is InChI=1S/C29H28FN5O3S/c1-29(2,3)38-28(37)33-21-5-4-11-34(17-21)27(36)25-15-23(18-6-7-20(16-31)24(30)14-18)26(39-25)19-9-12-35-22(13-19)8-10-32-35/h6-10,12-15,21H,4-5,11,17H2,1-3H3,(H,33,37)/t21-/m1/s1. The normalized spacial score (nSPS) is 15.7. The maximum Gasteiger partial charge on any atom is 0.407 e. The Morgan fingerprint density at radius 3 is 2.74 bits per heavy atom. The second-order valence-corrected chi connectivity index (χ2v) is 11.6. The lowest BCUT2D eigenvalue weighted by Crippen LogP contribution is -2.50. The third-order valence-electron chi connectivity index (χ3n) is 6.43. The number of nitrogens with one attached hydrogen (secondary N) is 1. The van der Waals surface area contributed by atoms with E-state index in [4.69, 9.17) is 10.00 Å². The number of ether oxygens (including phenoxy) is 1. The number of carbonyl (C=O) groups is 2. The zero-order chi connectivity index (χ0) is 27.7. The van der Waals surface area contributed by atoms with E-state index >= 15 is 0 Å². The summed E-state index contributed by atoms with van der Waals surface area (Å²) < 4.78 is 21.7. The lowest BCUT2D eigenvalue weighted by atomic mass is 10.0. The molecule has 0 aliphatic carbocycles. The number of rotatable bonds is 4. The maximum atomic E-state index is 14.6. The summed E-state index contributed by atoms with van der Waals surface area (Å²) in [5.41, 5.74) is 2.39. The Kier molecular flexibility index (Phi) is 7.10. The molecular weight excluding hydrogens is 517 g/mol. The van der Waals surface area contributed by atoms with Gasteiger partial charge in [0, 0.05) is 42.0 Å². The fraction of sp³-hybridized carbons (Fsp3) is 0.310. The molecule has 0 unspecified atom stereocenters. The van der Waals surface area contributed by atoms with Crippen molar-refractivity contribution in [2.45, 2.75) is 45.3 Å². The molecule has 0 spiro atoms. The van der Waals surface area contributed by atoms with Gasteiger partial charge >= 0.3 is 6.09 Å². The minimum atomic E-state index is -0.613. The molecule has 1 N–H and O–H groups in total. The van der Waals surface area contributed by atoms with Gasteiger partial charge in [-0.05, 0) is 81.1 Å². The Hall–Kier alpha value is -4.23. The first-order valence-electron chi connectivity index (χ1n) is 12.7. The van der Waals surface area contributed by atoms with Crippen molar-refractivity contribution in [1.82, 2.24) is 19.8 Å². The van der Waals surface area contributed by atoms with Crippen molar-refractivity contribution in [2.75, 3.05) is 13.1 Å². The van der Waals surface area contributed by atoms with E-state index in [1.54, 1.807) is 48.5 Å². The van der Waals surface area contributed by atoms with Crippen LogP contribution in [0.5, 0.6) is 0 Å². The van der Waals surface area contributed by atoms with Gasteiger partial charge in [-0.2, -0.15) is 10.4 Å². The van der Waals surface area contributed by atoms with E-state index in [1.807, 2.05) is 30.5 Å². The molecule has 39 heavy (non-hydrogen) atoms. The van der Waals surface area contributed by atoms with Crippen molar-refractivity contribution < 1.29 is 18.7 Å². The first kappa shape index (κ1) is 26.4. The van der Waals surface area contributed by atoms with Crippen LogP contribution in [0.2, 0.25) is 0 Å². The Bertz CT molecular complexity index is 1600. The number of hydrogen-bond acceptors (Lipinski definition) is 6. The highest BCUT2D eigenvalue weighted by molar-refractivity contribution is 7.18. The van der Waals surface area contributed by atoms with Crippen molar-refractivity contribution in [2.24, 2.45) is 0 Å². The summed E-state index contributed by atoms with van der Waals surface area (Å²) >= 11 is 1.34. The van der Waals surface area contributed by atoms with Gasteiger partial charge in [0.25, 0.3) is 5.91 Å². The van der Waals surface area contributed by atoms with Crippen molar-refractivity contribution in [3.8, 4) is 27.6 Å². The van der Waals surface area contributed by atoms with Gasteiger partial charge in [-0.3, -0.25) is 4.79 Å². The molecule has 10 heteroatoms. The smallest absolute Gasteiger partial charge is 0.407 e. The number of nitrogens with zero attached hydrogens (tertiary/aromatic N) is 4. The SMILES string of the molecule is CC(C)(C)OC(=O)N[C@@H]1CCCN(C(=O)c2cc(-c3ccc(C#N)c(F)c3)c(-c3ccn4nccc4c3)s2)C1. The number of fused-ring (bicyclic) bond motifs is 1. The van der Waals surface area contributed by atoms with Crippen LogP contribution in [-0.2, 0) is 4.74 Å². The molecule has 1 aromatic carbocycles. The predicted octanol–water partition coefficient (Wildman–Crippen LogP) is 5.87. The van der Waals surface area contributed by atoms with Gasteiger partial charge in [-0.15, -0.1) is 11.3 Å². The lowest BCUT2D eigenvalue weighted by Gasteiger charge is -2.33. The largest absolute Gasteiger partial charge is 0.444 e. The number of aromatic nitrogens is 2. The first-order valence-corrected chi connectivity index (χ1v) is 13.5. The summed E-state index contributed by atoms with van der Waals surface area (Å²) in [4.78, 5) is 29.0. The van der Waals surface area contributed by atoms with E-state index in [0.29, 0.717) is 29.1 Å². The molecule has 1 aliphatic heterocycles. The molecule has 2 amide bonds. The number of piperidine rings is 1. The summed E-state index contributed by atoms with van der Waals surface area (Å²) in [7, 11) is 0. The molecule has 8 nitrogen and oxygen atoms in total. The minimum absolute atomic E-state index is 0.0376. The Balaban J connectivity index is 1.46. The van der Waals surface area contributed by atoms with Crippen LogP contribution in [0.1, 0.15) is 48.8 Å². The zero-order valence-electron chi connectivity index (χ0n) is 21.9. The van der Waals surface area contributed by atoms with Gasteiger partial charge in [0.05, 0.1) is 16.0 Å². The van der Waals surface area contributed by atoms with E-state index < -0.39 is 17.5 Å². The Morgan fingerprint density at radius 1 is 1.18 bits per heavy atom. The van der Waals surface area contributed by atoms with Gasteiger partial charge in [0.15, 0.2) is 0 Å². The summed E-state index contributed by atoms with van der Waals surface area (Å²) in [6.07, 6.45) is 4.54. The number of alkyl carbamates (subject to hydrolysis) is 1. The third kappa shape index (κ3) is 5.78. The highest BCUT2D eigenvalue weighted by Crippen LogP contribution is 2.41. The second kappa shape index (κ2) is 10.5. The van der Waals surface area contributed by atoms with Gasteiger partial charge in [0.2, 0.25) is 0 Å². The first-order chi connectivity index (χ1) is 18.6. The molecule has 1 fully saturated rings. The van der Waals surface area contributed by atoms with Crippen molar-refractivity contribution in [1.29, 1.82) is 5.26 Å². The van der Waals surface area contributed by atoms with E-state index in [1.165, 1.54) is 23.5 Å². The molecule has 200 valence electrons. The summed E-state index contributed by atoms with van der Waals surface area (Å²) in [5, 5.41) is 16.3. The third-order valence-corrected chi connectivity index (χ3v) is 7.61. The number of halogens is 1. The fourth-order valence-corrected chi connectivity index (χ4v) is 5.82. The van der Waals surface area contributed by atoms with Crippen molar-refractivity contribution in [3.63, 3.8) is 0 Å². The number of carbonyl (C=O) groups excluding carboxylic acids is 2. The molecule has 5 rings (SSSR count). The molecule has 0 radical (unpaired) electrons. The van der Waals surface area contributed by atoms with Crippen LogP contribution in [0.4, 0.5) is 9.18 Å². The number of likely N-dealkylation sites (tertiary alicyclic amines) is 1. The van der Waals surface area contributed by atoms with E-state index in [-0.39, 0.29) is 17.5 Å². The number of benzene rings is 1. The van der Waals surface area contributed by atoms with Crippen LogP contribution < -0.4 is 5.32 Å². The summed E-state index contributed by atoms with van der Waals surface area (Å²) in [5.74, 6) is -0.763. The highest BCUT2D eigenvalue weighted by Gasteiger charge is 2.29. The van der Waals surface area contributed by atoms with Crippen LogP contribution >= 0.6 is 11.3 Å². The molecule has 1 aliphatic rings. The average molecular weight is 546 g/mol. The van der Waals surface area contributed by atoms with E-state index in [2.05, 4.69) is 10.4 Å². The van der Waals surface area contributed by atoms with Crippen LogP contribution in [0.3, 0.4) is 0 Å². The molecule has 1 saturated heterocycles. The Morgan fingerprint density at radius 2 is 2.00 bits per heavy atom. The van der Waals surface area contributed by atoms with Gasteiger partial charge < -0.3 is 15.0 Å². The monoisotopic (exact) mass is 545 g/mol. The topological polar surface area (TPSA) is 99.7 Å². The van der Waals surface area contributed by atoms with E-state index in [0.717, 1.165) is 28.8 Å². The number of pyridine rings is 1. The minimum Gasteiger partial charge on any atom is -0.444 e. The van der Waals surface area contributed by atoms with Crippen LogP contribution in [-0.4, -0.2) is 51.2 Å². The van der Waals surface area contributed by atoms with Crippen molar-refractivity contribution in [3.05, 3.63) is 71.1 Å². The summed E-state index contributed by atoms with van der Waals surface area (Å²) in [6, 6.07) is 13.7. The summed E-state index contributed by atoms with van der Waals surface area (Å²) in [6.45, 7) is 6.36. The predicted molar refractivity (Wildman–Crippen MR) is 147 cm³/mol. The maximum absolute atomic E-state index is 14.6. The van der Waals surface area contributed by atoms with E-state index in [9.17, 15) is 14.0 Å². The second-order valence-electron chi connectivity index (χ2n) is 10.5. The quantitative estimate of drug-likeness (QED) is 0.346. The number of thiophene rings is 1. The van der Waals surface area contributed by atoms with Crippen LogP contribution in [0.15, 0.2) is 54.9 Å². The number of hydrogen-bond donors (Lipinski definition) is 1. The zero-order valence-corrected chi connectivity index (χ0v) is 22.7. The van der Waals surface area contributed by atoms with Crippen LogP contribution in [0, 0.1) is 17.1 Å². The molecule has 4 heterocycles. The fourth-order valence-electron chi connectivity index (χ4n) is 4.67. The molecule has 0 bridgehead atoms. The average Bonchev–Trinajstić information content (AvgIpc) is 3.54. The van der Waals surface area contributed by atoms with Crippen LogP contribution in [0.25, 0.3) is 27.1 Å². The van der Waals surface area contributed by atoms with Gasteiger partial charge in [0.1, 0.15) is 17.5 Å². The van der Waals surface area contributed by atoms with Gasteiger partial charge in [-0.25, -0.2) is 13.7 Å². The lowest BCUT2D eigenvalue weighted by molar-refractivity contribution is 0.0453. The Labute approximate surface area is 229 Å². The molecule has 3 aromatic heterocycles. The number of nitriles is 1. The van der Waals surface area contributed by atoms with Crippen molar-refractivity contribution >= 4 is 28.9 Å². The highest BCUT2D eigenvalue weighted by atomic mass is 32.1. The number of amides is 2. The van der Waals surface area contributed by atoms with Gasteiger partial charge in [-0.1, -0.05) is 6.07 Å². The molecular formula is C29H28FN5O3S.